The smallest absolute Gasteiger partial charge is 0.359 e. The predicted molar refractivity (Wildman–Crippen MR) is 79.8 cm³/mol. The number of esters is 1. The number of hydrogen-bond acceptors (Lipinski definition) is 5. The van der Waals surface area contributed by atoms with E-state index >= 15 is 0 Å². The molecule has 0 atom stereocenters. The molecule has 0 aromatic carbocycles. The molecule has 0 aliphatic carbocycles. The molecule has 1 amide bonds. The molecule has 21 heavy (non-hydrogen) atoms. The molecule has 6 nitrogen and oxygen atoms in total. The first-order valence-electron chi connectivity index (χ1n) is 6.16. The van der Waals surface area contributed by atoms with E-state index in [1.165, 1.54) is 0 Å². The van der Waals surface area contributed by atoms with Crippen LogP contribution in [0.2, 0.25) is 15.2 Å². The second-order valence-electron chi connectivity index (χ2n) is 4.46. The summed E-state index contributed by atoms with van der Waals surface area (Å²) in [6.07, 6.45) is 1.91. The summed E-state index contributed by atoms with van der Waals surface area (Å²) < 4.78 is 4.90. The Morgan fingerprint density at radius 1 is 1.19 bits per heavy atom. The van der Waals surface area contributed by atoms with Gasteiger partial charge in [-0.25, -0.2) is 9.78 Å². The van der Waals surface area contributed by atoms with Crippen molar-refractivity contribution in [3.05, 3.63) is 20.9 Å². The third-order valence-electron chi connectivity index (χ3n) is 3.05. The lowest BCUT2D eigenvalue weighted by atomic mass is 10.3. The molecule has 0 spiro atoms. The standard InChI is InChI=1S/C12H12Cl3N3O3/c13-7-9(16)8(14)11(15)17-10(7)12(20)21-5-6(19)18-3-1-2-4-18/h1-5H2,(H2,16,17). The van der Waals surface area contributed by atoms with Crippen molar-refractivity contribution in [1.82, 2.24) is 9.88 Å². The summed E-state index contributed by atoms with van der Waals surface area (Å²) in [6, 6.07) is 0. The zero-order valence-electron chi connectivity index (χ0n) is 10.9. The van der Waals surface area contributed by atoms with E-state index in [0.717, 1.165) is 12.8 Å². The normalized spacial score (nSPS) is 14.3. The fraction of sp³-hybridized carbons (Fsp3) is 0.417. The molecule has 2 heterocycles. The monoisotopic (exact) mass is 351 g/mol. The molecule has 0 bridgehead atoms. The summed E-state index contributed by atoms with van der Waals surface area (Å²) in [5, 5.41) is -0.342. The summed E-state index contributed by atoms with van der Waals surface area (Å²) in [5.41, 5.74) is 5.28. The molecule has 1 aliphatic heterocycles. The van der Waals surface area contributed by atoms with Gasteiger partial charge in [0.15, 0.2) is 17.5 Å². The second kappa shape index (κ2) is 6.68. The van der Waals surface area contributed by atoms with E-state index in [1.807, 2.05) is 0 Å². The molecule has 2 N–H and O–H groups in total. The van der Waals surface area contributed by atoms with Crippen molar-refractivity contribution in [3.63, 3.8) is 0 Å². The quantitative estimate of drug-likeness (QED) is 0.667. The van der Waals surface area contributed by atoms with E-state index in [9.17, 15) is 9.59 Å². The van der Waals surface area contributed by atoms with Gasteiger partial charge in [0.25, 0.3) is 5.91 Å². The summed E-state index contributed by atoms with van der Waals surface area (Å²) in [6.45, 7) is 0.973. The summed E-state index contributed by atoms with van der Waals surface area (Å²) in [7, 11) is 0. The van der Waals surface area contributed by atoms with Gasteiger partial charge in [0, 0.05) is 13.1 Å². The molecule has 1 fully saturated rings. The lowest BCUT2D eigenvalue weighted by Gasteiger charge is -2.15. The van der Waals surface area contributed by atoms with Gasteiger partial charge in [-0.1, -0.05) is 34.8 Å². The zero-order chi connectivity index (χ0) is 15.6. The van der Waals surface area contributed by atoms with Crippen LogP contribution in [0.5, 0.6) is 0 Å². The largest absolute Gasteiger partial charge is 0.451 e. The highest BCUT2D eigenvalue weighted by Crippen LogP contribution is 2.34. The molecule has 114 valence electrons. The Morgan fingerprint density at radius 3 is 2.43 bits per heavy atom. The minimum atomic E-state index is -0.877. The van der Waals surface area contributed by atoms with Gasteiger partial charge < -0.3 is 15.4 Å². The van der Waals surface area contributed by atoms with Crippen LogP contribution in [0.15, 0.2) is 0 Å². The number of carbonyl (C=O) groups is 2. The van der Waals surface area contributed by atoms with Crippen LogP contribution in [-0.2, 0) is 9.53 Å². The van der Waals surface area contributed by atoms with E-state index in [4.69, 9.17) is 45.3 Å². The summed E-state index contributed by atoms with van der Waals surface area (Å²) >= 11 is 17.4. The summed E-state index contributed by atoms with van der Waals surface area (Å²) in [5.74, 6) is -1.14. The van der Waals surface area contributed by atoms with Gasteiger partial charge >= 0.3 is 5.97 Å². The van der Waals surface area contributed by atoms with Crippen molar-refractivity contribution in [1.29, 1.82) is 0 Å². The Balaban J connectivity index is 2.05. The molecular weight excluding hydrogens is 341 g/mol. The van der Waals surface area contributed by atoms with Crippen molar-refractivity contribution in [2.75, 3.05) is 25.4 Å². The maximum Gasteiger partial charge on any atom is 0.359 e. The molecule has 1 aromatic rings. The van der Waals surface area contributed by atoms with Crippen LogP contribution >= 0.6 is 34.8 Å². The highest BCUT2D eigenvalue weighted by molar-refractivity contribution is 6.46. The highest BCUT2D eigenvalue weighted by atomic mass is 35.5. The lowest BCUT2D eigenvalue weighted by Crippen LogP contribution is -2.32. The number of ether oxygens (including phenoxy) is 1. The van der Waals surface area contributed by atoms with Gasteiger partial charge in [-0.05, 0) is 12.8 Å². The molecule has 0 unspecified atom stereocenters. The van der Waals surface area contributed by atoms with Gasteiger partial charge in [0.1, 0.15) is 5.02 Å². The van der Waals surface area contributed by atoms with Crippen LogP contribution in [0, 0.1) is 0 Å². The van der Waals surface area contributed by atoms with Crippen molar-refractivity contribution < 1.29 is 14.3 Å². The number of nitrogen functional groups attached to an aromatic ring is 1. The van der Waals surface area contributed by atoms with Crippen LogP contribution < -0.4 is 5.73 Å². The number of amides is 1. The van der Waals surface area contributed by atoms with Crippen molar-refractivity contribution in [2.45, 2.75) is 12.8 Å². The topological polar surface area (TPSA) is 85.5 Å². The number of nitrogens with two attached hydrogens (primary N) is 1. The fourth-order valence-corrected chi connectivity index (χ4v) is 2.51. The number of rotatable bonds is 3. The maximum atomic E-state index is 11.9. The van der Waals surface area contributed by atoms with Gasteiger partial charge in [-0.15, -0.1) is 0 Å². The van der Waals surface area contributed by atoms with Gasteiger partial charge in [-0.2, -0.15) is 0 Å². The van der Waals surface area contributed by atoms with Crippen LogP contribution in [0.1, 0.15) is 23.3 Å². The third kappa shape index (κ3) is 3.51. The van der Waals surface area contributed by atoms with Gasteiger partial charge in [0.2, 0.25) is 0 Å². The Bertz CT molecular complexity index is 589. The number of likely N-dealkylation sites (tertiary alicyclic amines) is 1. The molecule has 2 rings (SSSR count). The molecule has 1 aromatic heterocycles. The van der Waals surface area contributed by atoms with Crippen LogP contribution in [0.4, 0.5) is 5.69 Å². The number of carbonyl (C=O) groups excluding carboxylic acids is 2. The van der Waals surface area contributed by atoms with E-state index in [0.29, 0.717) is 13.1 Å². The fourth-order valence-electron chi connectivity index (χ4n) is 1.92. The average molecular weight is 353 g/mol. The molecule has 9 heteroatoms. The van der Waals surface area contributed by atoms with Crippen LogP contribution in [-0.4, -0.2) is 41.5 Å². The van der Waals surface area contributed by atoms with E-state index in [2.05, 4.69) is 4.98 Å². The number of anilines is 1. The first kappa shape index (κ1) is 16.1. The number of hydrogen-bond donors (Lipinski definition) is 1. The van der Waals surface area contributed by atoms with Crippen molar-refractivity contribution in [2.24, 2.45) is 0 Å². The number of pyridine rings is 1. The Kier molecular flexibility index (Phi) is 5.13. The number of aromatic nitrogens is 1. The molecule has 0 radical (unpaired) electrons. The van der Waals surface area contributed by atoms with E-state index < -0.39 is 5.97 Å². The SMILES string of the molecule is Nc1c(Cl)c(Cl)nc(C(=O)OCC(=O)N2CCCC2)c1Cl. The van der Waals surface area contributed by atoms with Gasteiger partial charge in [0.05, 0.1) is 10.7 Å². The Morgan fingerprint density at radius 2 is 1.81 bits per heavy atom. The molecule has 0 saturated carbocycles. The van der Waals surface area contributed by atoms with E-state index in [1.54, 1.807) is 4.90 Å². The van der Waals surface area contributed by atoms with Crippen molar-refractivity contribution in [3.8, 4) is 0 Å². The average Bonchev–Trinajstić information content (AvgIpc) is 3.00. The molecule has 1 saturated heterocycles. The molecular formula is C12H12Cl3N3O3. The molecule has 1 aliphatic rings. The summed E-state index contributed by atoms with van der Waals surface area (Å²) in [4.78, 5) is 29.0. The Hall–Kier alpha value is -1.24. The predicted octanol–water partition coefficient (Wildman–Crippen LogP) is 2.40. The highest BCUT2D eigenvalue weighted by Gasteiger charge is 2.23. The number of halogens is 3. The third-order valence-corrected chi connectivity index (χ3v) is 4.19. The van der Waals surface area contributed by atoms with Crippen LogP contribution in [0.3, 0.4) is 0 Å². The Labute approximate surface area is 136 Å². The minimum absolute atomic E-state index is 0.0358. The lowest BCUT2D eigenvalue weighted by molar-refractivity contribution is -0.133. The van der Waals surface area contributed by atoms with Gasteiger partial charge in [-0.3, -0.25) is 4.79 Å². The zero-order valence-corrected chi connectivity index (χ0v) is 13.1. The van der Waals surface area contributed by atoms with Crippen molar-refractivity contribution >= 4 is 52.4 Å². The van der Waals surface area contributed by atoms with E-state index in [-0.39, 0.29) is 39.1 Å². The first-order chi connectivity index (χ1) is 9.91. The number of nitrogens with zero attached hydrogens (tertiary/aromatic N) is 2. The first-order valence-corrected chi connectivity index (χ1v) is 7.30. The maximum absolute atomic E-state index is 11.9. The minimum Gasteiger partial charge on any atom is -0.451 e. The van der Waals surface area contributed by atoms with Crippen LogP contribution in [0.25, 0.3) is 0 Å². The second-order valence-corrected chi connectivity index (χ2v) is 5.57.